The molecule has 5 nitrogen and oxygen atoms in total. The number of nitrogens with one attached hydrogen (secondary N) is 1. The molecule has 0 radical (unpaired) electrons. The molecule has 0 fully saturated rings. The van der Waals surface area contributed by atoms with E-state index < -0.39 is 0 Å². The molecule has 1 heterocycles. The second kappa shape index (κ2) is 7.71. The molecule has 0 aliphatic rings. The Bertz CT molecular complexity index is 594. The summed E-state index contributed by atoms with van der Waals surface area (Å²) in [5, 5.41) is 8.53. The maximum Gasteiger partial charge on any atom is 0.0918 e. The zero-order valence-electron chi connectivity index (χ0n) is 12.4. The molecule has 2 rings (SSSR count). The maximum absolute atomic E-state index is 7.38. The number of methoxy groups -OCH3 is 1. The van der Waals surface area contributed by atoms with Crippen molar-refractivity contribution in [1.82, 2.24) is 9.88 Å². The van der Waals surface area contributed by atoms with Gasteiger partial charge in [-0.05, 0) is 11.6 Å². The first-order chi connectivity index (χ1) is 10.2. The molecule has 0 unspecified atom stereocenters. The standard InChI is InChI=1S/C16H22N4O/c1-21-11-10-20(9-7-15(17)18)12-14-5-2-4-13-6-3-8-19-16(13)14/h2-6,8H,7,9-12H2,1H3,(H3,17,18). The van der Waals surface area contributed by atoms with Gasteiger partial charge in [0.25, 0.3) is 0 Å². The molecule has 5 heteroatoms. The van der Waals surface area contributed by atoms with Crippen LogP contribution in [0.5, 0.6) is 0 Å². The second-order valence-electron chi connectivity index (χ2n) is 5.04. The highest BCUT2D eigenvalue weighted by atomic mass is 16.5. The number of para-hydroxylation sites is 1. The minimum absolute atomic E-state index is 0.216. The molecular weight excluding hydrogens is 264 g/mol. The molecule has 21 heavy (non-hydrogen) atoms. The minimum Gasteiger partial charge on any atom is -0.388 e. The van der Waals surface area contributed by atoms with Gasteiger partial charge in [-0.2, -0.15) is 0 Å². The van der Waals surface area contributed by atoms with Gasteiger partial charge in [0, 0.05) is 44.7 Å². The van der Waals surface area contributed by atoms with E-state index >= 15 is 0 Å². The first-order valence-electron chi connectivity index (χ1n) is 7.07. The number of amidine groups is 1. The highest BCUT2D eigenvalue weighted by Gasteiger charge is 2.09. The number of aromatic nitrogens is 1. The van der Waals surface area contributed by atoms with Crippen molar-refractivity contribution in [2.24, 2.45) is 5.73 Å². The van der Waals surface area contributed by atoms with Crippen LogP contribution in [-0.4, -0.2) is 42.5 Å². The van der Waals surface area contributed by atoms with E-state index in [0.717, 1.165) is 30.5 Å². The van der Waals surface area contributed by atoms with E-state index in [1.807, 2.05) is 12.3 Å². The number of rotatable bonds is 8. The van der Waals surface area contributed by atoms with Crippen LogP contribution < -0.4 is 5.73 Å². The molecule has 0 atom stereocenters. The van der Waals surface area contributed by atoms with Crippen molar-refractivity contribution in [3.63, 3.8) is 0 Å². The molecule has 3 N–H and O–H groups in total. The summed E-state index contributed by atoms with van der Waals surface area (Å²) in [6.07, 6.45) is 2.39. The summed E-state index contributed by atoms with van der Waals surface area (Å²) in [7, 11) is 1.70. The van der Waals surface area contributed by atoms with E-state index in [2.05, 4.69) is 34.1 Å². The Labute approximate surface area is 125 Å². The zero-order chi connectivity index (χ0) is 15.1. The third kappa shape index (κ3) is 4.51. The van der Waals surface area contributed by atoms with Crippen LogP contribution in [0.15, 0.2) is 36.5 Å². The molecule has 0 aliphatic carbocycles. The fourth-order valence-corrected chi connectivity index (χ4v) is 2.30. The monoisotopic (exact) mass is 286 g/mol. The molecule has 2 aromatic rings. The summed E-state index contributed by atoms with van der Waals surface area (Å²) in [5.74, 6) is 0.216. The predicted molar refractivity (Wildman–Crippen MR) is 85.4 cm³/mol. The molecule has 0 spiro atoms. The van der Waals surface area contributed by atoms with Gasteiger partial charge in [0.2, 0.25) is 0 Å². The van der Waals surface area contributed by atoms with E-state index in [1.165, 1.54) is 5.56 Å². The van der Waals surface area contributed by atoms with Crippen LogP contribution in [0.1, 0.15) is 12.0 Å². The molecule has 1 aromatic heterocycles. The van der Waals surface area contributed by atoms with Crippen LogP contribution in [-0.2, 0) is 11.3 Å². The van der Waals surface area contributed by atoms with Crippen molar-refractivity contribution in [3.05, 3.63) is 42.1 Å². The molecule has 0 saturated carbocycles. The maximum atomic E-state index is 7.38. The highest BCUT2D eigenvalue weighted by Crippen LogP contribution is 2.17. The van der Waals surface area contributed by atoms with Crippen LogP contribution in [0.2, 0.25) is 0 Å². The van der Waals surface area contributed by atoms with Crippen molar-refractivity contribution >= 4 is 16.7 Å². The van der Waals surface area contributed by atoms with Gasteiger partial charge < -0.3 is 10.5 Å². The van der Waals surface area contributed by atoms with Gasteiger partial charge in [-0.15, -0.1) is 0 Å². The largest absolute Gasteiger partial charge is 0.388 e. The number of ether oxygens (including phenoxy) is 1. The van der Waals surface area contributed by atoms with E-state index in [1.54, 1.807) is 7.11 Å². The Morgan fingerprint density at radius 1 is 1.29 bits per heavy atom. The van der Waals surface area contributed by atoms with Crippen molar-refractivity contribution < 1.29 is 4.74 Å². The van der Waals surface area contributed by atoms with E-state index in [9.17, 15) is 0 Å². The third-order valence-corrected chi connectivity index (χ3v) is 3.42. The average Bonchev–Trinajstić information content (AvgIpc) is 2.50. The predicted octanol–water partition coefficient (Wildman–Crippen LogP) is 2.01. The van der Waals surface area contributed by atoms with Crippen LogP contribution in [0, 0.1) is 5.41 Å². The van der Waals surface area contributed by atoms with E-state index in [0.29, 0.717) is 13.0 Å². The Balaban J connectivity index is 2.15. The Morgan fingerprint density at radius 2 is 2.10 bits per heavy atom. The van der Waals surface area contributed by atoms with Crippen molar-refractivity contribution in [3.8, 4) is 0 Å². The smallest absolute Gasteiger partial charge is 0.0918 e. The van der Waals surface area contributed by atoms with Crippen LogP contribution >= 0.6 is 0 Å². The summed E-state index contributed by atoms with van der Waals surface area (Å²) in [5.41, 5.74) is 7.69. The fraction of sp³-hybridized carbons (Fsp3) is 0.375. The topological polar surface area (TPSA) is 75.2 Å². The quantitative estimate of drug-likeness (QED) is 0.575. The molecule has 0 bridgehead atoms. The first-order valence-corrected chi connectivity index (χ1v) is 7.07. The van der Waals surface area contributed by atoms with Gasteiger partial charge in [0.15, 0.2) is 0 Å². The summed E-state index contributed by atoms with van der Waals surface area (Å²) in [6.45, 7) is 3.01. The number of hydrogen-bond acceptors (Lipinski definition) is 4. The Kier molecular flexibility index (Phi) is 5.66. The normalized spacial score (nSPS) is 11.1. The second-order valence-corrected chi connectivity index (χ2v) is 5.04. The lowest BCUT2D eigenvalue weighted by atomic mass is 10.1. The number of fused-ring (bicyclic) bond motifs is 1. The number of nitrogens with zero attached hydrogens (tertiary/aromatic N) is 2. The zero-order valence-corrected chi connectivity index (χ0v) is 12.4. The lowest BCUT2D eigenvalue weighted by molar-refractivity contribution is 0.146. The minimum atomic E-state index is 0.216. The average molecular weight is 286 g/mol. The molecule has 112 valence electrons. The fourth-order valence-electron chi connectivity index (χ4n) is 2.30. The molecular formula is C16H22N4O. The SMILES string of the molecule is COCCN(CCC(=N)N)Cc1cccc2cccnc12. The number of benzene rings is 1. The van der Waals surface area contributed by atoms with E-state index in [-0.39, 0.29) is 5.84 Å². The lowest BCUT2D eigenvalue weighted by Gasteiger charge is -2.22. The van der Waals surface area contributed by atoms with Crippen molar-refractivity contribution in [2.75, 3.05) is 26.8 Å². The van der Waals surface area contributed by atoms with Crippen LogP contribution in [0.25, 0.3) is 10.9 Å². The Hall–Kier alpha value is -1.98. The third-order valence-electron chi connectivity index (χ3n) is 3.42. The summed E-state index contributed by atoms with van der Waals surface area (Å²) in [6, 6.07) is 10.2. The molecule has 0 saturated heterocycles. The van der Waals surface area contributed by atoms with Gasteiger partial charge in [-0.1, -0.05) is 24.3 Å². The number of pyridine rings is 1. The van der Waals surface area contributed by atoms with Gasteiger partial charge in [-0.3, -0.25) is 15.3 Å². The van der Waals surface area contributed by atoms with E-state index in [4.69, 9.17) is 15.9 Å². The van der Waals surface area contributed by atoms with Crippen LogP contribution in [0.3, 0.4) is 0 Å². The molecule has 0 aliphatic heterocycles. The molecule has 0 amide bonds. The Morgan fingerprint density at radius 3 is 2.86 bits per heavy atom. The number of hydrogen-bond donors (Lipinski definition) is 2. The van der Waals surface area contributed by atoms with Gasteiger partial charge in [0.1, 0.15) is 0 Å². The lowest BCUT2D eigenvalue weighted by Crippen LogP contribution is -2.30. The van der Waals surface area contributed by atoms with Crippen LogP contribution in [0.4, 0.5) is 0 Å². The summed E-state index contributed by atoms with van der Waals surface area (Å²) < 4.78 is 5.16. The highest BCUT2D eigenvalue weighted by molar-refractivity contribution is 5.81. The number of nitrogens with two attached hydrogens (primary N) is 1. The summed E-state index contributed by atoms with van der Waals surface area (Å²) >= 11 is 0. The first kappa shape index (κ1) is 15.4. The van der Waals surface area contributed by atoms with Gasteiger partial charge in [-0.25, -0.2) is 0 Å². The molecule has 1 aromatic carbocycles. The summed E-state index contributed by atoms with van der Waals surface area (Å²) in [4.78, 5) is 6.73. The van der Waals surface area contributed by atoms with Crippen molar-refractivity contribution in [2.45, 2.75) is 13.0 Å². The van der Waals surface area contributed by atoms with Gasteiger partial charge in [0.05, 0.1) is 18.0 Å². The van der Waals surface area contributed by atoms with Gasteiger partial charge >= 0.3 is 0 Å². The van der Waals surface area contributed by atoms with Crippen molar-refractivity contribution in [1.29, 1.82) is 5.41 Å².